The molecule has 4 heteroatoms. The van der Waals surface area contributed by atoms with Crippen molar-refractivity contribution in [3.8, 4) is 0 Å². The van der Waals surface area contributed by atoms with Gasteiger partial charge in [0.05, 0.1) is 0 Å². The number of nitrogens with two attached hydrogens (primary N) is 1. The fourth-order valence-corrected chi connectivity index (χ4v) is 1.93. The first-order valence-corrected chi connectivity index (χ1v) is 6.92. The molecule has 2 rings (SSSR count). The average Bonchev–Trinajstić information content (AvgIpc) is 2.49. The minimum atomic E-state index is -0.264. The fraction of sp³-hybridized carbons (Fsp3) is 0.111. The molecule has 2 aromatic rings. The van der Waals surface area contributed by atoms with Crippen LogP contribution in [0.3, 0.4) is 0 Å². The van der Waals surface area contributed by atoms with Gasteiger partial charge in [0.25, 0.3) is 0 Å². The van der Waals surface area contributed by atoms with E-state index < -0.39 is 0 Å². The molecule has 0 atom stereocenters. The van der Waals surface area contributed by atoms with Gasteiger partial charge in [-0.25, -0.2) is 0 Å². The molecule has 112 valence electrons. The smallest absolute Gasteiger partial charge is 0.248 e. The van der Waals surface area contributed by atoms with Crippen LogP contribution in [0.5, 0.6) is 0 Å². The van der Waals surface area contributed by atoms with Crippen LogP contribution < -0.4 is 11.1 Å². The monoisotopic (exact) mass is 294 g/mol. The molecule has 0 radical (unpaired) electrons. The number of carbonyl (C=O) groups is 2. The molecule has 22 heavy (non-hydrogen) atoms. The Kier molecular flexibility index (Phi) is 4.73. The van der Waals surface area contributed by atoms with Crippen molar-refractivity contribution in [2.45, 2.75) is 13.8 Å². The number of hydrogen-bond acceptors (Lipinski definition) is 3. The second-order valence-corrected chi connectivity index (χ2v) is 5.08. The van der Waals surface area contributed by atoms with Gasteiger partial charge in [-0.1, -0.05) is 24.3 Å². The van der Waals surface area contributed by atoms with Crippen molar-refractivity contribution in [1.29, 1.82) is 0 Å². The third-order valence-electron chi connectivity index (χ3n) is 3.27. The van der Waals surface area contributed by atoms with E-state index in [1.54, 1.807) is 30.3 Å². The number of ketones is 1. The van der Waals surface area contributed by atoms with Gasteiger partial charge in [0.1, 0.15) is 0 Å². The summed E-state index contributed by atoms with van der Waals surface area (Å²) in [4.78, 5) is 23.2. The maximum absolute atomic E-state index is 11.9. The summed E-state index contributed by atoms with van der Waals surface area (Å²) in [5.74, 6) is -0.304. The molecule has 2 aromatic carbocycles. The van der Waals surface area contributed by atoms with Gasteiger partial charge in [-0.05, 0) is 49.2 Å². The van der Waals surface area contributed by atoms with E-state index in [1.165, 1.54) is 13.0 Å². The third-order valence-corrected chi connectivity index (χ3v) is 3.27. The Morgan fingerprint density at radius 1 is 1.14 bits per heavy atom. The third kappa shape index (κ3) is 4.06. The lowest BCUT2D eigenvalue weighted by molar-refractivity contribution is -0.111. The van der Waals surface area contributed by atoms with Gasteiger partial charge in [0.15, 0.2) is 5.78 Å². The van der Waals surface area contributed by atoms with Crippen molar-refractivity contribution >= 4 is 29.1 Å². The number of aryl methyl sites for hydroxylation is 1. The van der Waals surface area contributed by atoms with E-state index in [1.807, 2.05) is 25.1 Å². The van der Waals surface area contributed by atoms with E-state index >= 15 is 0 Å². The van der Waals surface area contributed by atoms with Gasteiger partial charge < -0.3 is 11.1 Å². The molecule has 0 bridgehead atoms. The molecule has 0 heterocycles. The van der Waals surface area contributed by atoms with Gasteiger partial charge in [-0.15, -0.1) is 0 Å². The molecular formula is C18H18N2O2. The molecule has 0 aromatic heterocycles. The zero-order chi connectivity index (χ0) is 16.1. The van der Waals surface area contributed by atoms with Crippen molar-refractivity contribution in [2.24, 2.45) is 0 Å². The maximum atomic E-state index is 11.9. The van der Waals surface area contributed by atoms with E-state index in [0.717, 1.165) is 11.1 Å². The molecule has 3 N–H and O–H groups in total. The summed E-state index contributed by atoms with van der Waals surface area (Å²) in [7, 11) is 0. The highest BCUT2D eigenvalue weighted by Crippen LogP contribution is 2.14. The van der Waals surface area contributed by atoms with Crippen molar-refractivity contribution < 1.29 is 9.59 Å². The highest BCUT2D eigenvalue weighted by atomic mass is 16.1. The van der Waals surface area contributed by atoms with Gasteiger partial charge in [-0.2, -0.15) is 0 Å². The van der Waals surface area contributed by atoms with Crippen LogP contribution in [0.15, 0.2) is 48.5 Å². The summed E-state index contributed by atoms with van der Waals surface area (Å²) in [6, 6.07) is 12.4. The molecule has 0 unspecified atom stereocenters. The number of Topliss-reactive ketones (excluding diaryl/α,β-unsaturated/α-hetero) is 1. The van der Waals surface area contributed by atoms with Gasteiger partial charge >= 0.3 is 0 Å². The average molecular weight is 294 g/mol. The van der Waals surface area contributed by atoms with Gasteiger partial charge in [0, 0.05) is 23.0 Å². The summed E-state index contributed by atoms with van der Waals surface area (Å²) in [5, 5.41) is 2.72. The predicted octanol–water partition coefficient (Wildman–Crippen LogP) is 3.43. The van der Waals surface area contributed by atoms with Gasteiger partial charge in [0.2, 0.25) is 5.91 Å². The van der Waals surface area contributed by atoms with Crippen molar-refractivity contribution in [1.82, 2.24) is 0 Å². The van der Waals surface area contributed by atoms with Crippen LogP contribution in [-0.4, -0.2) is 11.7 Å². The lowest BCUT2D eigenvalue weighted by Crippen LogP contribution is -2.08. The van der Waals surface area contributed by atoms with Crippen molar-refractivity contribution in [3.05, 3.63) is 65.2 Å². The second kappa shape index (κ2) is 6.72. The lowest BCUT2D eigenvalue weighted by Gasteiger charge is -2.04. The van der Waals surface area contributed by atoms with Crippen molar-refractivity contribution in [3.63, 3.8) is 0 Å². The molecule has 0 aliphatic heterocycles. The molecule has 0 saturated carbocycles. The molecule has 0 fully saturated rings. The normalized spacial score (nSPS) is 10.6. The predicted molar refractivity (Wildman–Crippen MR) is 89.7 cm³/mol. The van der Waals surface area contributed by atoms with E-state index in [2.05, 4.69) is 5.32 Å². The molecule has 0 aliphatic rings. The summed E-state index contributed by atoms with van der Waals surface area (Å²) in [6.07, 6.45) is 3.13. The number of hydrogen-bond donors (Lipinski definition) is 2. The Bertz CT molecular complexity index is 749. The Labute approximate surface area is 129 Å². The zero-order valence-corrected chi connectivity index (χ0v) is 12.6. The maximum Gasteiger partial charge on any atom is 0.248 e. The molecule has 4 nitrogen and oxygen atoms in total. The molecule has 0 saturated heterocycles. The standard InChI is InChI=1S/C18H18N2O2/c1-12-6-7-14(10-17(12)19)8-9-18(22)20-16-5-3-4-15(11-16)13(2)21/h3-11H,19H2,1-2H3,(H,20,22)/b9-8+. The van der Waals surface area contributed by atoms with E-state index in [4.69, 9.17) is 5.73 Å². The van der Waals surface area contributed by atoms with Crippen LogP contribution in [0, 0.1) is 6.92 Å². The van der Waals surface area contributed by atoms with E-state index in [0.29, 0.717) is 16.9 Å². The van der Waals surface area contributed by atoms with Crippen LogP contribution in [-0.2, 0) is 4.79 Å². The SMILES string of the molecule is CC(=O)c1cccc(NC(=O)/C=C/c2ccc(C)c(N)c2)c1. The fourth-order valence-electron chi connectivity index (χ4n) is 1.93. The first-order valence-electron chi connectivity index (χ1n) is 6.92. The number of nitrogen functional groups attached to an aromatic ring is 1. The number of carbonyl (C=O) groups excluding carboxylic acids is 2. The number of benzene rings is 2. The van der Waals surface area contributed by atoms with E-state index in [-0.39, 0.29) is 11.7 Å². The number of amides is 1. The summed E-state index contributed by atoms with van der Waals surface area (Å²) in [5.41, 5.74) is 9.53. The quantitative estimate of drug-likeness (QED) is 0.515. The molecule has 0 spiro atoms. The topological polar surface area (TPSA) is 72.2 Å². The first-order chi connectivity index (χ1) is 10.5. The minimum absolute atomic E-state index is 0.0400. The summed E-state index contributed by atoms with van der Waals surface area (Å²) in [6.45, 7) is 3.42. The largest absolute Gasteiger partial charge is 0.398 e. The zero-order valence-electron chi connectivity index (χ0n) is 12.6. The first kappa shape index (κ1) is 15.5. The van der Waals surface area contributed by atoms with Crippen LogP contribution in [0.4, 0.5) is 11.4 Å². The lowest BCUT2D eigenvalue weighted by atomic mass is 10.1. The highest BCUT2D eigenvalue weighted by molar-refractivity contribution is 6.03. The Morgan fingerprint density at radius 3 is 2.59 bits per heavy atom. The molecule has 1 amide bonds. The van der Waals surface area contributed by atoms with Crippen LogP contribution >= 0.6 is 0 Å². The highest BCUT2D eigenvalue weighted by Gasteiger charge is 2.02. The van der Waals surface area contributed by atoms with Crippen LogP contribution in [0.2, 0.25) is 0 Å². The van der Waals surface area contributed by atoms with Gasteiger partial charge in [-0.3, -0.25) is 9.59 Å². The minimum Gasteiger partial charge on any atom is -0.398 e. The molecule has 0 aliphatic carbocycles. The van der Waals surface area contributed by atoms with Crippen LogP contribution in [0.25, 0.3) is 6.08 Å². The Hall–Kier alpha value is -2.88. The number of nitrogens with one attached hydrogen (secondary N) is 1. The molecular weight excluding hydrogens is 276 g/mol. The van der Waals surface area contributed by atoms with E-state index in [9.17, 15) is 9.59 Å². The summed E-state index contributed by atoms with van der Waals surface area (Å²) < 4.78 is 0. The van der Waals surface area contributed by atoms with Crippen LogP contribution in [0.1, 0.15) is 28.4 Å². The second-order valence-electron chi connectivity index (χ2n) is 5.08. The Balaban J connectivity index is 2.06. The number of anilines is 2. The Morgan fingerprint density at radius 2 is 1.91 bits per heavy atom. The van der Waals surface area contributed by atoms with Crippen molar-refractivity contribution in [2.75, 3.05) is 11.1 Å². The summed E-state index contributed by atoms with van der Waals surface area (Å²) >= 11 is 0. The number of rotatable bonds is 4.